The van der Waals surface area contributed by atoms with Crippen LogP contribution in [0, 0.1) is 13.8 Å². The molecule has 0 bridgehead atoms. The van der Waals surface area contributed by atoms with E-state index >= 15 is 0 Å². The molecule has 21 heavy (non-hydrogen) atoms. The van der Waals surface area contributed by atoms with Crippen LogP contribution in [-0.2, 0) is 4.79 Å². The van der Waals surface area contributed by atoms with Gasteiger partial charge in [-0.2, -0.15) is 0 Å². The highest BCUT2D eigenvalue weighted by Gasteiger charge is 2.12. The summed E-state index contributed by atoms with van der Waals surface area (Å²) in [5.41, 5.74) is 0.946. The van der Waals surface area contributed by atoms with Gasteiger partial charge in [0.25, 0.3) is 0 Å². The number of hydrogen-bond donors (Lipinski definition) is 2. The van der Waals surface area contributed by atoms with Crippen LogP contribution >= 0.6 is 0 Å². The molecule has 0 saturated heterocycles. The Morgan fingerprint density at radius 3 is 2.14 bits per heavy atom. The molecular formula is C15H27N5O. The van der Waals surface area contributed by atoms with Gasteiger partial charge >= 0.3 is 0 Å². The second-order valence-electron chi connectivity index (χ2n) is 4.94. The van der Waals surface area contributed by atoms with Gasteiger partial charge < -0.3 is 15.5 Å². The first kappa shape index (κ1) is 17.2. The molecule has 0 spiro atoms. The number of carbonyl (C=O) groups excluding carboxylic acids is 1. The molecule has 1 amide bonds. The molecule has 0 aliphatic rings. The Balaban J connectivity index is 2.79. The smallest absolute Gasteiger partial charge is 0.241 e. The average Bonchev–Trinajstić information content (AvgIpc) is 2.47. The number of nitrogens with one attached hydrogen (secondary N) is 2. The van der Waals surface area contributed by atoms with Crippen molar-refractivity contribution in [3.63, 3.8) is 0 Å². The van der Waals surface area contributed by atoms with E-state index < -0.39 is 0 Å². The number of nitrogens with zero attached hydrogens (tertiary/aromatic N) is 3. The number of anilines is 2. The number of aryl methyl sites for hydroxylation is 1. The molecule has 6 nitrogen and oxygen atoms in total. The lowest BCUT2D eigenvalue weighted by molar-refractivity contribution is -0.128. The summed E-state index contributed by atoms with van der Waals surface area (Å²) < 4.78 is 0. The van der Waals surface area contributed by atoms with Gasteiger partial charge in [0.05, 0.1) is 6.54 Å². The van der Waals surface area contributed by atoms with Crippen molar-refractivity contribution >= 4 is 17.5 Å². The molecule has 2 N–H and O–H groups in total. The van der Waals surface area contributed by atoms with Crippen LogP contribution in [-0.4, -0.2) is 47.0 Å². The molecule has 0 aliphatic heterocycles. The molecule has 0 fully saturated rings. The minimum absolute atomic E-state index is 0.0822. The maximum Gasteiger partial charge on any atom is 0.241 e. The highest BCUT2D eigenvalue weighted by molar-refractivity contribution is 5.81. The van der Waals surface area contributed by atoms with Crippen LogP contribution in [0.25, 0.3) is 0 Å². The van der Waals surface area contributed by atoms with Gasteiger partial charge in [-0.25, -0.2) is 9.97 Å². The van der Waals surface area contributed by atoms with Crippen LogP contribution < -0.4 is 10.6 Å². The minimum atomic E-state index is 0.0822. The predicted molar refractivity (Wildman–Crippen MR) is 86.7 cm³/mol. The quantitative estimate of drug-likeness (QED) is 0.769. The highest BCUT2D eigenvalue weighted by Crippen LogP contribution is 2.19. The lowest BCUT2D eigenvalue weighted by atomic mass is 10.3. The third-order valence-corrected chi connectivity index (χ3v) is 3.32. The van der Waals surface area contributed by atoms with E-state index in [-0.39, 0.29) is 12.5 Å². The van der Waals surface area contributed by atoms with Crippen LogP contribution in [0.2, 0.25) is 0 Å². The highest BCUT2D eigenvalue weighted by atomic mass is 16.2. The first-order valence-electron chi connectivity index (χ1n) is 7.64. The summed E-state index contributed by atoms with van der Waals surface area (Å²) in [6, 6.07) is 0. The standard InChI is InChI=1S/C15H27N5O/c1-6-9-16-14-11(4)15(19-12(5)18-14)17-10-13(21)20(7-2)8-3/h6-10H2,1-5H3,(H2,16,17,18,19). The summed E-state index contributed by atoms with van der Waals surface area (Å²) in [4.78, 5) is 22.6. The van der Waals surface area contributed by atoms with Crippen molar-refractivity contribution in [2.75, 3.05) is 36.8 Å². The van der Waals surface area contributed by atoms with E-state index in [1.54, 1.807) is 4.90 Å². The van der Waals surface area contributed by atoms with Crippen LogP contribution in [0.1, 0.15) is 38.6 Å². The molecule has 1 aromatic heterocycles. The average molecular weight is 293 g/mol. The summed E-state index contributed by atoms with van der Waals surface area (Å²) in [6.07, 6.45) is 1.03. The minimum Gasteiger partial charge on any atom is -0.370 e. The maximum absolute atomic E-state index is 12.0. The van der Waals surface area contributed by atoms with Gasteiger partial charge in [-0.05, 0) is 34.1 Å². The second kappa shape index (κ2) is 8.44. The third-order valence-electron chi connectivity index (χ3n) is 3.32. The normalized spacial score (nSPS) is 10.3. The Labute approximate surface area is 127 Å². The zero-order chi connectivity index (χ0) is 15.8. The lowest BCUT2D eigenvalue weighted by Gasteiger charge is -2.20. The number of amides is 1. The van der Waals surface area contributed by atoms with E-state index in [2.05, 4.69) is 27.5 Å². The first-order chi connectivity index (χ1) is 10.0. The summed E-state index contributed by atoms with van der Waals surface area (Å²) in [7, 11) is 0. The van der Waals surface area contributed by atoms with E-state index in [0.717, 1.165) is 43.3 Å². The van der Waals surface area contributed by atoms with Crippen molar-refractivity contribution in [3.8, 4) is 0 Å². The van der Waals surface area contributed by atoms with E-state index in [1.807, 2.05) is 27.7 Å². The van der Waals surface area contributed by atoms with Gasteiger partial charge in [-0.3, -0.25) is 4.79 Å². The zero-order valence-electron chi connectivity index (χ0n) is 13.8. The molecule has 118 valence electrons. The van der Waals surface area contributed by atoms with Gasteiger partial charge in [-0.15, -0.1) is 0 Å². The third kappa shape index (κ3) is 4.88. The van der Waals surface area contributed by atoms with Crippen molar-refractivity contribution in [2.45, 2.75) is 41.0 Å². The first-order valence-corrected chi connectivity index (χ1v) is 7.64. The molecule has 0 aliphatic carbocycles. The molecule has 0 atom stereocenters. The molecule has 0 radical (unpaired) electrons. The van der Waals surface area contributed by atoms with E-state index in [9.17, 15) is 4.79 Å². The number of aromatic nitrogens is 2. The fraction of sp³-hybridized carbons (Fsp3) is 0.667. The van der Waals surface area contributed by atoms with Gasteiger partial charge in [0, 0.05) is 25.2 Å². The van der Waals surface area contributed by atoms with Gasteiger partial charge in [0.1, 0.15) is 17.5 Å². The second-order valence-corrected chi connectivity index (χ2v) is 4.94. The molecule has 0 saturated carbocycles. The lowest BCUT2D eigenvalue weighted by Crippen LogP contribution is -2.35. The predicted octanol–water partition coefficient (Wildman–Crippen LogP) is 2.20. The maximum atomic E-state index is 12.0. The van der Waals surface area contributed by atoms with Crippen LogP contribution in [0.5, 0.6) is 0 Å². The van der Waals surface area contributed by atoms with E-state index in [0.29, 0.717) is 5.82 Å². The Morgan fingerprint density at radius 1 is 1.05 bits per heavy atom. The molecule has 0 aromatic carbocycles. The molecule has 1 heterocycles. The van der Waals surface area contributed by atoms with Crippen molar-refractivity contribution < 1.29 is 4.79 Å². The number of hydrogen-bond acceptors (Lipinski definition) is 5. The van der Waals surface area contributed by atoms with Crippen LogP contribution in [0.15, 0.2) is 0 Å². The SMILES string of the molecule is CCCNc1nc(C)nc(NCC(=O)N(CC)CC)c1C. The van der Waals surface area contributed by atoms with Gasteiger partial charge in [0.2, 0.25) is 5.91 Å². The molecule has 1 aromatic rings. The Morgan fingerprint density at radius 2 is 1.62 bits per heavy atom. The number of carbonyl (C=O) groups is 1. The summed E-state index contributed by atoms with van der Waals surface area (Å²) in [6.45, 7) is 12.5. The van der Waals surface area contributed by atoms with Gasteiger partial charge in [-0.1, -0.05) is 6.92 Å². The van der Waals surface area contributed by atoms with Crippen molar-refractivity contribution in [2.24, 2.45) is 0 Å². The molecular weight excluding hydrogens is 266 g/mol. The fourth-order valence-electron chi connectivity index (χ4n) is 2.06. The van der Waals surface area contributed by atoms with Crippen molar-refractivity contribution in [1.29, 1.82) is 0 Å². The Hall–Kier alpha value is -1.85. The van der Waals surface area contributed by atoms with Crippen LogP contribution in [0.3, 0.4) is 0 Å². The van der Waals surface area contributed by atoms with Gasteiger partial charge in [0.15, 0.2) is 0 Å². The van der Waals surface area contributed by atoms with E-state index in [1.165, 1.54) is 0 Å². The van der Waals surface area contributed by atoms with E-state index in [4.69, 9.17) is 0 Å². The number of rotatable bonds is 8. The molecule has 0 unspecified atom stereocenters. The topological polar surface area (TPSA) is 70.1 Å². The zero-order valence-corrected chi connectivity index (χ0v) is 13.8. The summed E-state index contributed by atoms with van der Waals surface area (Å²) >= 11 is 0. The number of likely N-dealkylation sites (N-methyl/N-ethyl adjacent to an activating group) is 1. The van der Waals surface area contributed by atoms with Crippen LogP contribution in [0.4, 0.5) is 11.6 Å². The fourth-order valence-corrected chi connectivity index (χ4v) is 2.06. The van der Waals surface area contributed by atoms with Crippen molar-refractivity contribution in [3.05, 3.63) is 11.4 Å². The monoisotopic (exact) mass is 293 g/mol. The Bertz CT molecular complexity index is 471. The largest absolute Gasteiger partial charge is 0.370 e. The summed E-state index contributed by atoms with van der Waals surface area (Å²) in [5.74, 6) is 2.33. The molecule has 6 heteroatoms. The Kier molecular flexibility index (Phi) is 6.91. The van der Waals surface area contributed by atoms with Crippen molar-refractivity contribution in [1.82, 2.24) is 14.9 Å². The summed E-state index contributed by atoms with van der Waals surface area (Å²) in [5, 5.41) is 6.43. The molecule has 1 rings (SSSR count).